The third kappa shape index (κ3) is 4.12. The lowest BCUT2D eigenvalue weighted by atomic mass is 10.2. The lowest BCUT2D eigenvalue weighted by molar-refractivity contribution is -0.127. The molecule has 1 saturated heterocycles. The minimum absolute atomic E-state index is 0.221. The van der Waals surface area contributed by atoms with E-state index < -0.39 is 11.1 Å². The zero-order valence-electron chi connectivity index (χ0n) is 14.7. The number of aromatic amines is 1. The average molecular weight is 376 g/mol. The topological polar surface area (TPSA) is 79.0 Å². The number of hydrogen-bond donors (Lipinski definition) is 1. The Morgan fingerprint density at radius 1 is 1.31 bits per heavy atom. The van der Waals surface area contributed by atoms with E-state index in [9.17, 15) is 14.0 Å². The fraction of sp³-hybridized carbons (Fsp3) is 0.444. The molecule has 1 aromatic heterocycles. The number of benzene rings is 1. The summed E-state index contributed by atoms with van der Waals surface area (Å²) >= 11 is 1.29. The fourth-order valence-corrected chi connectivity index (χ4v) is 3.78. The van der Waals surface area contributed by atoms with Crippen LogP contribution in [0, 0.1) is 5.82 Å². The summed E-state index contributed by atoms with van der Waals surface area (Å²) in [6.07, 6.45) is 2.27. The van der Waals surface area contributed by atoms with Crippen LogP contribution < -0.4 is 0 Å². The van der Waals surface area contributed by atoms with Crippen LogP contribution in [0.1, 0.15) is 55.2 Å². The molecule has 138 valence electrons. The number of H-pyrrole nitrogens is 1. The number of likely N-dealkylation sites (tertiary alicyclic amines) is 1. The van der Waals surface area contributed by atoms with Gasteiger partial charge in [-0.1, -0.05) is 32.0 Å². The monoisotopic (exact) mass is 376 g/mol. The molecule has 1 N–H and O–H groups in total. The van der Waals surface area contributed by atoms with E-state index in [4.69, 9.17) is 0 Å². The Kier molecular flexibility index (Phi) is 5.70. The second-order valence-electron chi connectivity index (χ2n) is 6.56. The van der Waals surface area contributed by atoms with Crippen LogP contribution in [0.3, 0.4) is 0 Å². The van der Waals surface area contributed by atoms with Gasteiger partial charge in [0.2, 0.25) is 11.1 Å². The van der Waals surface area contributed by atoms with Gasteiger partial charge in [0, 0.05) is 18.0 Å². The van der Waals surface area contributed by atoms with Crippen molar-refractivity contribution in [2.24, 2.45) is 0 Å². The molecule has 0 radical (unpaired) electrons. The Balaban J connectivity index is 1.76. The normalized spacial score (nSPS) is 18.2. The second-order valence-corrected chi connectivity index (χ2v) is 7.73. The quantitative estimate of drug-likeness (QED) is 0.828. The molecule has 0 bridgehead atoms. The summed E-state index contributed by atoms with van der Waals surface area (Å²) in [5.74, 6) is -0.0492. The highest BCUT2D eigenvalue weighted by molar-refractivity contribution is 8.00. The van der Waals surface area contributed by atoms with Crippen molar-refractivity contribution in [2.75, 3.05) is 6.54 Å². The van der Waals surface area contributed by atoms with Gasteiger partial charge < -0.3 is 0 Å². The number of nitrogens with zero attached hydrogens (tertiary/aromatic N) is 3. The van der Waals surface area contributed by atoms with Gasteiger partial charge in [0.1, 0.15) is 11.6 Å². The van der Waals surface area contributed by atoms with Crippen molar-refractivity contribution >= 4 is 23.6 Å². The Bertz CT molecular complexity index is 791. The molecule has 1 aliphatic rings. The third-order valence-corrected chi connectivity index (χ3v) is 5.37. The summed E-state index contributed by atoms with van der Waals surface area (Å²) < 4.78 is 13.1. The lowest BCUT2D eigenvalue weighted by Gasteiger charge is -2.21. The zero-order valence-corrected chi connectivity index (χ0v) is 15.6. The molecular weight excluding hydrogens is 355 g/mol. The van der Waals surface area contributed by atoms with Gasteiger partial charge in [-0.15, -0.1) is 5.10 Å². The molecule has 1 atom stereocenters. The SMILES string of the molecule is CC(C)c1nc(SC2CCCCN(C(=O)c3ccc(F)cc3)C2=O)n[nH]1. The van der Waals surface area contributed by atoms with E-state index in [-0.39, 0.29) is 17.7 Å². The van der Waals surface area contributed by atoms with Crippen molar-refractivity contribution < 1.29 is 14.0 Å². The summed E-state index contributed by atoms with van der Waals surface area (Å²) in [6, 6.07) is 5.26. The van der Waals surface area contributed by atoms with E-state index in [2.05, 4.69) is 15.2 Å². The fourth-order valence-electron chi connectivity index (χ4n) is 2.76. The maximum atomic E-state index is 13.1. The molecule has 8 heteroatoms. The van der Waals surface area contributed by atoms with Gasteiger partial charge in [-0.05, 0) is 37.1 Å². The highest BCUT2D eigenvalue weighted by Crippen LogP contribution is 2.29. The van der Waals surface area contributed by atoms with E-state index in [0.717, 1.165) is 18.7 Å². The minimum Gasteiger partial charge on any atom is -0.278 e. The smallest absolute Gasteiger partial charge is 0.260 e. The minimum atomic E-state index is -0.414. The van der Waals surface area contributed by atoms with Gasteiger partial charge in [0.15, 0.2) is 0 Å². The molecule has 2 aromatic rings. The van der Waals surface area contributed by atoms with Gasteiger partial charge in [0.25, 0.3) is 5.91 Å². The molecule has 0 saturated carbocycles. The molecule has 2 heterocycles. The summed E-state index contributed by atoms with van der Waals surface area (Å²) in [5.41, 5.74) is 0.311. The number of imide groups is 1. The van der Waals surface area contributed by atoms with E-state index in [1.807, 2.05) is 13.8 Å². The van der Waals surface area contributed by atoms with Crippen molar-refractivity contribution in [3.63, 3.8) is 0 Å². The lowest BCUT2D eigenvalue weighted by Crippen LogP contribution is -2.41. The number of thioether (sulfide) groups is 1. The van der Waals surface area contributed by atoms with Gasteiger partial charge in [-0.25, -0.2) is 9.37 Å². The highest BCUT2D eigenvalue weighted by Gasteiger charge is 2.33. The molecule has 1 unspecified atom stereocenters. The molecule has 0 spiro atoms. The predicted octanol–water partition coefficient (Wildman–Crippen LogP) is 3.38. The Morgan fingerprint density at radius 2 is 2.04 bits per heavy atom. The maximum Gasteiger partial charge on any atom is 0.260 e. The molecule has 3 rings (SSSR count). The molecular formula is C18H21FN4O2S. The van der Waals surface area contributed by atoms with Crippen LogP contribution in [0.2, 0.25) is 0 Å². The van der Waals surface area contributed by atoms with Gasteiger partial charge in [-0.2, -0.15) is 0 Å². The number of rotatable bonds is 4. The molecule has 1 aliphatic heterocycles. The standard InChI is InChI=1S/C18H21FN4O2S/c1-11(2)15-20-18(22-21-15)26-14-5-3-4-10-23(17(14)25)16(24)12-6-8-13(19)9-7-12/h6-9,11,14H,3-5,10H2,1-2H3,(H,20,21,22). The first-order valence-corrected chi connectivity index (χ1v) is 9.54. The molecule has 26 heavy (non-hydrogen) atoms. The summed E-state index contributed by atoms with van der Waals surface area (Å²) in [7, 11) is 0. The number of carbonyl (C=O) groups is 2. The van der Waals surface area contributed by atoms with Gasteiger partial charge in [-0.3, -0.25) is 19.6 Å². The predicted molar refractivity (Wildman–Crippen MR) is 96.4 cm³/mol. The van der Waals surface area contributed by atoms with Crippen molar-refractivity contribution in [3.05, 3.63) is 41.5 Å². The summed E-state index contributed by atoms with van der Waals surface area (Å²) in [5, 5.41) is 7.16. The van der Waals surface area contributed by atoms with Gasteiger partial charge in [0.05, 0.1) is 5.25 Å². The largest absolute Gasteiger partial charge is 0.278 e. The Morgan fingerprint density at radius 3 is 2.69 bits per heavy atom. The highest BCUT2D eigenvalue weighted by atomic mass is 32.2. The number of aromatic nitrogens is 3. The third-order valence-electron chi connectivity index (χ3n) is 4.25. The number of amides is 2. The van der Waals surface area contributed by atoms with Crippen LogP contribution in [0.25, 0.3) is 0 Å². The van der Waals surface area contributed by atoms with Crippen LogP contribution in [-0.2, 0) is 4.79 Å². The molecule has 1 aromatic carbocycles. The van der Waals surface area contributed by atoms with E-state index >= 15 is 0 Å². The van der Waals surface area contributed by atoms with Crippen LogP contribution in [0.15, 0.2) is 29.4 Å². The van der Waals surface area contributed by atoms with Crippen molar-refractivity contribution in [1.82, 2.24) is 20.1 Å². The van der Waals surface area contributed by atoms with Crippen molar-refractivity contribution in [2.45, 2.75) is 49.4 Å². The van der Waals surface area contributed by atoms with Crippen LogP contribution >= 0.6 is 11.8 Å². The first kappa shape index (κ1) is 18.6. The first-order valence-electron chi connectivity index (χ1n) is 8.66. The van der Waals surface area contributed by atoms with E-state index in [0.29, 0.717) is 23.7 Å². The summed E-state index contributed by atoms with van der Waals surface area (Å²) in [6.45, 7) is 4.39. The van der Waals surface area contributed by atoms with Crippen LogP contribution in [0.5, 0.6) is 0 Å². The van der Waals surface area contributed by atoms with Gasteiger partial charge >= 0.3 is 0 Å². The number of hydrogen-bond acceptors (Lipinski definition) is 5. The maximum absolute atomic E-state index is 13.1. The van der Waals surface area contributed by atoms with Crippen LogP contribution in [-0.4, -0.2) is 43.7 Å². The second kappa shape index (κ2) is 7.99. The zero-order chi connectivity index (χ0) is 18.7. The van der Waals surface area contributed by atoms with Crippen molar-refractivity contribution in [3.8, 4) is 0 Å². The molecule has 2 amide bonds. The Hall–Kier alpha value is -2.22. The number of halogens is 1. The number of carbonyl (C=O) groups excluding carboxylic acids is 2. The molecule has 1 fully saturated rings. The summed E-state index contributed by atoms with van der Waals surface area (Å²) in [4.78, 5) is 31.3. The van der Waals surface area contributed by atoms with Crippen molar-refractivity contribution in [1.29, 1.82) is 0 Å². The van der Waals surface area contributed by atoms with E-state index in [1.165, 1.54) is 40.9 Å². The first-order chi connectivity index (χ1) is 12.5. The average Bonchev–Trinajstić information content (AvgIpc) is 3.01. The molecule has 6 nitrogen and oxygen atoms in total. The Labute approximate surface area is 155 Å². The van der Waals surface area contributed by atoms with Crippen LogP contribution in [0.4, 0.5) is 4.39 Å². The van der Waals surface area contributed by atoms with E-state index in [1.54, 1.807) is 0 Å². The number of nitrogens with one attached hydrogen (secondary N) is 1. The molecule has 0 aliphatic carbocycles.